The lowest BCUT2D eigenvalue weighted by Crippen LogP contribution is -2.30. The van der Waals surface area contributed by atoms with Gasteiger partial charge in [0, 0.05) is 12.6 Å². The largest absolute Gasteiger partial charge is 0.334 e. The molecule has 1 N–H and O–H groups in total. The summed E-state index contributed by atoms with van der Waals surface area (Å²) in [5, 5.41) is 2.94. The summed E-state index contributed by atoms with van der Waals surface area (Å²) < 4.78 is 1.94. The standard InChI is InChI=1S/C12H15N3O/c1-8(13-2)12(16)9-4-5-11-10(6-9)14-7-15(11)3/h4-8,13H,1-3H3. The minimum absolute atomic E-state index is 0.0926. The van der Waals surface area contributed by atoms with Crippen LogP contribution in [0.4, 0.5) is 0 Å². The zero-order valence-corrected chi connectivity index (χ0v) is 9.69. The minimum atomic E-state index is -0.166. The average Bonchev–Trinajstić information content (AvgIpc) is 2.68. The van der Waals surface area contributed by atoms with Crippen molar-refractivity contribution in [3.8, 4) is 0 Å². The first-order valence-corrected chi connectivity index (χ1v) is 5.26. The first-order valence-electron chi connectivity index (χ1n) is 5.26. The van der Waals surface area contributed by atoms with Crippen LogP contribution < -0.4 is 5.32 Å². The molecule has 0 saturated carbocycles. The Morgan fingerprint density at radius 3 is 2.94 bits per heavy atom. The van der Waals surface area contributed by atoms with Crippen LogP contribution in [-0.2, 0) is 7.05 Å². The highest BCUT2D eigenvalue weighted by Crippen LogP contribution is 2.15. The number of fused-ring (bicyclic) bond motifs is 1. The first-order chi connectivity index (χ1) is 7.63. The average molecular weight is 217 g/mol. The second-order valence-corrected chi connectivity index (χ2v) is 3.93. The maximum Gasteiger partial charge on any atom is 0.179 e. The van der Waals surface area contributed by atoms with Crippen LogP contribution in [0.15, 0.2) is 24.5 Å². The van der Waals surface area contributed by atoms with Gasteiger partial charge in [0.15, 0.2) is 5.78 Å². The van der Waals surface area contributed by atoms with E-state index in [-0.39, 0.29) is 11.8 Å². The Kier molecular flexibility index (Phi) is 2.75. The molecule has 4 heteroatoms. The second kappa shape index (κ2) is 4.06. The van der Waals surface area contributed by atoms with E-state index in [1.54, 1.807) is 13.4 Å². The number of carbonyl (C=O) groups is 1. The van der Waals surface area contributed by atoms with Gasteiger partial charge < -0.3 is 9.88 Å². The van der Waals surface area contributed by atoms with Crippen molar-refractivity contribution in [3.63, 3.8) is 0 Å². The Balaban J connectivity index is 2.43. The number of nitrogens with one attached hydrogen (secondary N) is 1. The maximum atomic E-state index is 11.9. The molecule has 84 valence electrons. The second-order valence-electron chi connectivity index (χ2n) is 3.93. The number of hydrogen-bond acceptors (Lipinski definition) is 3. The van der Waals surface area contributed by atoms with Gasteiger partial charge in [0.25, 0.3) is 0 Å². The molecular formula is C12H15N3O. The molecule has 0 spiro atoms. The minimum Gasteiger partial charge on any atom is -0.334 e. The highest BCUT2D eigenvalue weighted by molar-refractivity contribution is 6.02. The number of ketones is 1. The number of hydrogen-bond donors (Lipinski definition) is 1. The lowest BCUT2D eigenvalue weighted by atomic mass is 10.1. The summed E-state index contributed by atoms with van der Waals surface area (Å²) >= 11 is 0. The molecule has 4 nitrogen and oxygen atoms in total. The summed E-state index contributed by atoms with van der Waals surface area (Å²) in [7, 11) is 3.72. The number of nitrogens with zero attached hydrogens (tertiary/aromatic N) is 2. The molecule has 2 rings (SSSR count). The SMILES string of the molecule is CNC(C)C(=O)c1ccc2c(c1)ncn2C. The lowest BCUT2D eigenvalue weighted by molar-refractivity contribution is 0.0955. The van der Waals surface area contributed by atoms with Crippen LogP contribution in [0.2, 0.25) is 0 Å². The number of imidazole rings is 1. The van der Waals surface area contributed by atoms with Crippen molar-refractivity contribution in [1.29, 1.82) is 0 Å². The summed E-state index contributed by atoms with van der Waals surface area (Å²) in [4.78, 5) is 16.2. The van der Waals surface area contributed by atoms with Crippen molar-refractivity contribution in [2.75, 3.05) is 7.05 Å². The van der Waals surface area contributed by atoms with Crippen molar-refractivity contribution < 1.29 is 4.79 Å². The number of carbonyl (C=O) groups excluding carboxylic acids is 1. The van der Waals surface area contributed by atoms with Gasteiger partial charge in [-0.3, -0.25) is 4.79 Å². The zero-order valence-electron chi connectivity index (χ0n) is 9.69. The summed E-state index contributed by atoms with van der Waals surface area (Å²) in [6.07, 6.45) is 1.75. The summed E-state index contributed by atoms with van der Waals surface area (Å²) in [5.74, 6) is 0.0926. The first kappa shape index (κ1) is 10.8. The molecule has 0 bridgehead atoms. The molecule has 0 aliphatic heterocycles. The van der Waals surface area contributed by atoms with Crippen LogP contribution in [0.3, 0.4) is 0 Å². The molecule has 2 aromatic rings. The summed E-state index contributed by atoms with van der Waals surface area (Å²) in [6.45, 7) is 1.85. The van der Waals surface area contributed by atoms with Crippen molar-refractivity contribution in [2.24, 2.45) is 7.05 Å². The van der Waals surface area contributed by atoms with Gasteiger partial charge in [0.1, 0.15) is 0 Å². The van der Waals surface area contributed by atoms with Gasteiger partial charge in [-0.1, -0.05) is 0 Å². The highest BCUT2D eigenvalue weighted by atomic mass is 16.1. The van der Waals surface area contributed by atoms with E-state index in [4.69, 9.17) is 0 Å². The Morgan fingerprint density at radius 1 is 1.50 bits per heavy atom. The fourth-order valence-electron chi connectivity index (χ4n) is 1.67. The van der Waals surface area contributed by atoms with Gasteiger partial charge in [-0.15, -0.1) is 0 Å². The third kappa shape index (κ3) is 1.72. The molecule has 16 heavy (non-hydrogen) atoms. The molecule has 1 heterocycles. The Morgan fingerprint density at radius 2 is 2.25 bits per heavy atom. The molecular weight excluding hydrogens is 202 g/mol. The van der Waals surface area contributed by atoms with E-state index in [1.165, 1.54) is 0 Å². The van der Waals surface area contributed by atoms with Gasteiger partial charge in [0.2, 0.25) is 0 Å². The summed E-state index contributed by atoms with van der Waals surface area (Å²) in [6, 6.07) is 5.45. The van der Waals surface area contributed by atoms with Crippen LogP contribution in [0.25, 0.3) is 11.0 Å². The van der Waals surface area contributed by atoms with Crippen LogP contribution in [0.1, 0.15) is 17.3 Å². The van der Waals surface area contributed by atoms with Crippen LogP contribution in [0.5, 0.6) is 0 Å². The Bertz CT molecular complexity index is 530. The Labute approximate surface area is 94.3 Å². The quantitative estimate of drug-likeness (QED) is 0.790. The number of aromatic nitrogens is 2. The zero-order chi connectivity index (χ0) is 11.7. The smallest absolute Gasteiger partial charge is 0.179 e. The Hall–Kier alpha value is -1.68. The van der Waals surface area contributed by atoms with Crippen molar-refractivity contribution in [3.05, 3.63) is 30.1 Å². The predicted molar refractivity (Wildman–Crippen MR) is 63.6 cm³/mol. The third-order valence-corrected chi connectivity index (χ3v) is 2.84. The van der Waals surface area contributed by atoms with E-state index in [2.05, 4.69) is 10.3 Å². The predicted octanol–water partition coefficient (Wildman–Crippen LogP) is 1.36. The van der Waals surface area contributed by atoms with Crippen LogP contribution in [0, 0.1) is 0 Å². The van der Waals surface area contributed by atoms with E-state index in [0.717, 1.165) is 11.0 Å². The molecule has 0 radical (unpaired) electrons. The van der Waals surface area contributed by atoms with E-state index >= 15 is 0 Å². The van der Waals surface area contributed by atoms with E-state index in [1.807, 2.05) is 36.7 Å². The van der Waals surface area contributed by atoms with Crippen LogP contribution >= 0.6 is 0 Å². The number of rotatable bonds is 3. The number of aryl methyl sites for hydroxylation is 1. The molecule has 1 aromatic heterocycles. The number of benzene rings is 1. The molecule has 0 aliphatic carbocycles. The maximum absolute atomic E-state index is 11.9. The molecule has 0 fully saturated rings. The highest BCUT2D eigenvalue weighted by Gasteiger charge is 2.13. The van der Waals surface area contributed by atoms with E-state index in [0.29, 0.717) is 5.56 Å². The number of likely N-dealkylation sites (N-methyl/N-ethyl adjacent to an activating group) is 1. The molecule has 1 aromatic carbocycles. The van der Waals surface area contributed by atoms with Gasteiger partial charge in [-0.05, 0) is 32.2 Å². The van der Waals surface area contributed by atoms with Crippen molar-refractivity contribution in [2.45, 2.75) is 13.0 Å². The molecule has 0 saturated heterocycles. The van der Waals surface area contributed by atoms with E-state index in [9.17, 15) is 4.79 Å². The fourth-order valence-corrected chi connectivity index (χ4v) is 1.67. The fraction of sp³-hybridized carbons (Fsp3) is 0.333. The topological polar surface area (TPSA) is 46.9 Å². The molecule has 1 unspecified atom stereocenters. The van der Waals surface area contributed by atoms with Crippen molar-refractivity contribution >= 4 is 16.8 Å². The van der Waals surface area contributed by atoms with Crippen molar-refractivity contribution in [1.82, 2.24) is 14.9 Å². The molecule has 0 aliphatic rings. The van der Waals surface area contributed by atoms with Gasteiger partial charge >= 0.3 is 0 Å². The van der Waals surface area contributed by atoms with Gasteiger partial charge in [-0.25, -0.2) is 4.98 Å². The lowest BCUT2D eigenvalue weighted by Gasteiger charge is -2.08. The van der Waals surface area contributed by atoms with E-state index < -0.39 is 0 Å². The third-order valence-electron chi connectivity index (χ3n) is 2.84. The summed E-state index contributed by atoms with van der Waals surface area (Å²) in [5.41, 5.74) is 2.60. The number of Topliss-reactive ketones (excluding diaryl/α,β-unsaturated/α-hetero) is 1. The van der Waals surface area contributed by atoms with Gasteiger partial charge in [0.05, 0.1) is 23.4 Å². The van der Waals surface area contributed by atoms with Crippen LogP contribution in [-0.4, -0.2) is 28.4 Å². The van der Waals surface area contributed by atoms with Gasteiger partial charge in [-0.2, -0.15) is 0 Å². The molecule has 0 amide bonds. The monoisotopic (exact) mass is 217 g/mol. The normalized spacial score (nSPS) is 12.9. The molecule has 1 atom stereocenters.